The fraction of sp³-hybridized carbons (Fsp3) is 0.562. The van der Waals surface area contributed by atoms with Crippen LogP contribution in [0.25, 0.3) is 0 Å². The minimum atomic E-state index is 0.138. The first-order chi connectivity index (χ1) is 9.27. The van der Waals surface area contributed by atoms with Gasteiger partial charge in [0.2, 0.25) is 0 Å². The van der Waals surface area contributed by atoms with Crippen LogP contribution in [-0.2, 0) is 0 Å². The lowest BCUT2D eigenvalue weighted by atomic mass is 10.1. The van der Waals surface area contributed by atoms with Gasteiger partial charge in [-0.25, -0.2) is 0 Å². The van der Waals surface area contributed by atoms with Crippen molar-refractivity contribution in [3.8, 4) is 5.75 Å². The van der Waals surface area contributed by atoms with Crippen molar-refractivity contribution in [2.45, 2.75) is 39.5 Å². The standard InChI is InChI=1S/C16H25NO2/c1-3-5-6-7-12-17-13-16(18)14-8-10-15(11-9-14)19-4-2/h8-11,17H,3-7,12-13H2,1-2H3. The first kappa shape index (κ1) is 15.7. The second kappa shape index (κ2) is 9.56. The number of carbonyl (C=O) groups excluding carboxylic acids is 1. The molecule has 0 aliphatic carbocycles. The Bertz CT molecular complexity index is 360. The average molecular weight is 263 g/mol. The molecule has 0 spiro atoms. The second-order valence-electron chi connectivity index (χ2n) is 4.62. The fourth-order valence-electron chi connectivity index (χ4n) is 1.88. The van der Waals surface area contributed by atoms with E-state index in [0.717, 1.165) is 24.3 Å². The molecule has 0 aliphatic heterocycles. The Morgan fingerprint density at radius 2 is 1.84 bits per heavy atom. The Morgan fingerprint density at radius 3 is 2.47 bits per heavy atom. The third-order valence-corrected chi connectivity index (χ3v) is 2.98. The van der Waals surface area contributed by atoms with E-state index in [1.165, 1.54) is 19.3 Å². The lowest BCUT2D eigenvalue weighted by Gasteiger charge is -2.06. The minimum Gasteiger partial charge on any atom is -0.494 e. The summed E-state index contributed by atoms with van der Waals surface area (Å²) in [6.45, 7) is 6.12. The molecule has 0 radical (unpaired) electrons. The molecule has 0 bridgehead atoms. The number of nitrogens with one attached hydrogen (secondary N) is 1. The zero-order valence-electron chi connectivity index (χ0n) is 12.1. The van der Waals surface area contributed by atoms with Gasteiger partial charge < -0.3 is 10.1 Å². The molecule has 3 nitrogen and oxygen atoms in total. The number of hydrogen-bond acceptors (Lipinski definition) is 3. The van der Waals surface area contributed by atoms with Crippen LogP contribution in [-0.4, -0.2) is 25.5 Å². The number of carbonyl (C=O) groups is 1. The smallest absolute Gasteiger partial charge is 0.176 e. The molecule has 0 aromatic heterocycles. The first-order valence-electron chi connectivity index (χ1n) is 7.24. The molecule has 3 heteroatoms. The summed E-state index contributed by atoms with van der Waals surface area (Å²) in [5.41, 5.74) is 0.740. The molecule has 0 atom stereocenters. The van der Waals surface area contributed by atoms with Gasteiger partial charge in [-0.15, -0.1) is 0 Å². The van der Waals surface area contributed by atoms with Gasteiger partial charge >= 0.3 is 0 Å². The van der Waals surface area contributed by atoms with Crippen LogP contribution in [0.3, 0.4) is 0 Å². The monoisotopic (exact) mass is 263 g/mol. The van der Waals surface area contributed by atoms with Crippen LogP contribution in [0, 0.1) is 0 Å². The molecule has 1 aromatic carbocycles. The quantitative estimate of drug-likeness (QED) is 0.519. The van der Waals surface area contributed by atoms with E-state index in [9.17, 15) is 4.79 Å². The molecule has 0 amide bonds. The maximum absolute atomic E-state index is 11.9. The van der Waals surface area contributed by atoms with Crippen molar-refractivity contribution in [3.63, 3.8) is 0 Å². The molecule has 0 unspecified atom stereocenters. The summed E-state index contributed by atoms with van der Waals surface area (Å²) < 4.78 is 5.35. The largest absolute Gasteiger partial charge is 0.494 e. The van der Waals surface area contributed by atoms with Gasteiger partial charge in [-0.05, 0) is 44.2 Å². The first-order valence-corrected chi connectivity index (χ1v) is 7.24. The highest BCUT2D eigenvalue weighted by Gasteiger charge is 2.05. The Balaban J connectivity index is 2.25. The molecule has 0 saturated heterocycles. The van der Waals surface area contributed by atoms with Gasteiger partial charge in [0.25, 0.3) is 0 Å². The summed E-state index contributed by atoms with van der Waals surface area (Å²) in [6, 6.07) is 7.34. The minimum absolute atomic E-state index is 0.138. The van der Waals surface area contributed by atoms with E-state index in [0.29, 0.717) is 13.2 Å². The highest BCUT2D eigenvalue weighted by atomic mass is 16.5. The Morgan fingerprint density at radius 1 is 1.11 bits per heavy atom. The van der Waals surface area contributed by atoms with Crippen molar-refractivity contribution in [1.29, 1.82) is 0 Å². The van der Waals surface area contributed by atoms with Crippen molar-refractivity contribution < 1.29 is 9.53 Å². The van der Waals surface area contributed by atoms with Crippen molar-refractivity contribution in [2.24, 2.45) is 0 Å². The normalized spacial score (nSPS) is 10.4. The number of ether oxygens (including phenoxy) is 1. The predicted octanol–water partition coefficient (Wildman–Crippen LogP) is 3.44. The summed E-state index contributed by atoms with van der Waals surface area (Å²) in [6.07, 6.45) is 4.89. The van der Waals surface area contributed by atoms with Crippen LogP contribution in [0.15, 0.2) is 24.3 Å². The zero-order valence-corrected chi connectivity index (χ0v) is 12.1. The maximum atomic E-state index is 11.9. The van der Waals surface area contributed by atoms with E-state index in [1.54, 1.807) is 0 Å². The Kier molecular flexibility index (Phi) is 7.91. The van der Waals surface area contributed by atoms with Gasteiger partial charge in [-0.1, -0.05) is 26.2 Å². The van der Waals surface area contributed by atoms with Gasteiger partial charge in [-0.2, -0.15) is 0 Å². The van der Waals surface area contributed by atoms with Crippen LogP contribution in [0.4, 0.5) is 0 Å². The Hall–Kier alpha value is -1.35. The SMILES string of the molecule is CCCCCCNCC(=O)c1ccc(OCC)cc1. The van der Waals surface area contributed by atoms with Gasteiger partial charge in [0.1, 0.15) is 5.75 Å². The third-order valence-electron chi connectivity index (χ3n) is 2.98. The van der Waals surface area contributed by atoms with E-state index in [2.05, 4.69) is 12.2 Å². The average Bonchev–Trinajstić information content (AvgIpc) is 2.43. The fourth-order valence-corrected chi connectivity index (χ4v) is 1.88. The molecular weight excluding hydrogens is 238 g/mol. The second-order valence-corrected chi connectivity index (χ2v) is 4.62. The predicted molar refractivity (Wildman–Crippen MR) is 79.0 cm³/mol. The molecule has 0 aliphatic rings. The van der Waals surface area contributed by atoms with Gasteiger partial charge in [0.05, 0.1) is 13.2 Å². The number of benzene rings is 1. The number of rotatable bonds is 10. The molecule has 0 saturated carbocycles. The highest BCUT2D eigenvalue weighted by Crippen LogP contribution is 2.12. The number of hydrogen-bond donors (Lipinski definition) is 1. The summed E-state index contributed by atoms with van der Waals surface area (Å²) in [5, 5.41) is 3.20. The topological polar surface area (TPSA) is 38.3 Å². The highest BCUT2D eigenvalue weighted by molar-refractivity contribution is 5.97. The van der Waals surface area contributed by atoms with Crippen molar-refractivity contribution in [1.82, 2.24) is 5.32 Å². The van der Waals surface area contributed by atoms with Crippen LogP contribution >= 0.6 is 0 Å². The molecule has 106 valence electrons. The van der Waals surface area contributed by atoms with E-state index >= 15 is 0 Å². The van der Waals surface area contributed by atoms with E-state index in [4.69, 9.17) is 4.74 Å². The summed E-state index contributed by atoms with van der Waals surface area (Å²) in [4.78, 5) is 11.9. The summed E-state index contributed by atoms with van der Waals surface area (Å²) in [7, 11) is 0. The zero-order chi connectivity index (χ0) is 13.9. The van der Waals surface area contributed by atoms with Gasteiger partial charge in [0.15, 0.2) is 5.78 Å². The van der Waals surface area contributed by atoms with Crippen LogP contribution in [0.5, 0.6) is 5.75 Å². The summed E-state index contributed by atoms with van der Waals surface area (Å²) >= 11 is 0. The lowest BCUT2D eigenvalue weighted by Crippen LogP contribution is -2.24. The van der Waals surface area contributed by atoms with E-state index < -0.39 is 0 Å². The molecule has 1 N–H and O–H groups in total. The van der Waals surface area contributed by atoms with E-state index in [-0.39, 0.29) is 5.78 Å². The molecule has 0 fully saturated rings. The van der Waals surface area contributed by atoms with Crippen molar-refractivity contribution in [3.05, 3.63) is 29.8 Å². The lowest BCUT2D eigenvalue weighted by molar-refractivity contribution is 0.0991. The third kappa shape index (κ3) is 6.39. The van der Waals surface area contributed by atoms with Crippen LogP contribution < -0.4 is 10.1 Å². The van der Waals surface area contributed by atoms with Gasteiger partial charge in [0, 0.05) is 5.56 Å². The number of Topliss-reactive ketones (excluding diaryl/α,β-unsaturated/α-hetero) is 1. The molecule has 0 heterocycles. The molecule has 1 rings (SSSR count). The van der Waals surface area contributed by atoms with Crippen LogP contribution in [0.1, 0.15) is 49.9 Å². The maximum Gasteiger partial charge on any atom is 0.176 e. The van der Waals surface area contributed by atoms with Crippen LogP contribution in [0.2, 0.25) is 0 Å². The number of unbranched alkanes of at least 4 members (excludes halogenated alkanes) is 3. The van der Waals surface area contributed by atoms with Gasteiger partial charge in [-0.3, -0.25) is 4.79 Å². The molecular formula is C16H25NO2. The summed E-state index contributed by atoms with van der Waals surface area (Å²) in [5.74, 6) is 0.949. The molecule has 1 aromatic rings. The van der Waals surface area contributed by atoms with E-state index in [1.807, 2.05) is 31.2 Å². The molecule has 19 heavy (non-hydrogen) atoms. The Labute approximate surface area is 116 Å². The number of ketones is 1. The van der Waals surface area contributed by atoms with Crippen molar-refractivity contribution in [2.75, 3.05) is 19.7 Å². The van der Waals surface area contributed by atoms with Crippen molar-refractivity contribution >= 4 is 5.78 Å².